The van der Waals surface area contributed by atoms with Crippen molar-refractivity contribution in [3.05, 3.63) is 38.9 Å². The molecule has 0 fully saturated rings. The predicted molar refractivity (Wildman–Crippen MR) is 101 cm³/mol. The van der Waals surface area contributed by atoms with E-state index in [9.17, 15) is 19.7 Å². The quantitative estimate of drug-likeness (QED) is 0.454. The van der Waals surface area contributed by atoms with Crippen molar-refractivity contribution >= 4 is 29.4 Å². The molecule has 0 aliphatic heterocycles. The topological polar surface area (TPSA) is 108 Å². The largest absolute Gasteiger partial charge is 0.458 e. The summed E-state index contributed by atoms with van der Waals surface area (Å²) in [7, 11) is 0. The van der Waals surface area contributed by atoms with E-state index in [2.05, 4.69) is 5.32 Å². The first-order chi connectivity index (χ1) is 12.2. The monoisotopic (exact) mass is 400 g/mol. The van der Waals surface area contributed by atoms with Crippen LogP contribution >= 0.6 is 11.6 Å². The van der Waals surface area contributed by atoms with Crippen molar-refractivity contribution in [2.75, 3.05) is 0 Å². The van der Waals surface area contributed by atoms with E-state index < -0.39 is 34.2 Å². The summed E-state index contributed by atoms with van der Waals surface area (Å²) in [6.07, 6.45) is -0.738. The summed E-state index contributed by atoms with van der Waals surface area (Å²) in [5.41, 5.74) is -1.20. The van der Waals surface area contributed by atoms with Crippen LogP contribution in [0.4, 0.5) is 10.5 Å². The Hall–Kier alpha value is -2.35. The van der Waals surface area contributed by atoms with Gasteiger partial charge in [-0.3, -0.25) is 10.1 Å². The van der Waals surface area contributed by atoms with Gasteiger partial charge >= 0.3 is 12.1 Å². The Morgan fingerprint density at radius 3 is 2.15 bits per heavy atom. The molecular weight excluding hydrogens is 376 g/mol. The maximum absolute atomic E-state index is 12.5. The molecule has 150 valence electrons. The molecule has 0 bridgehead atoms. The molecule has 0 aliphatic rings. The summed E-state index contributed by atoms with van der Waals surface area (Å²) in [4.78, 5) is 34.8. The van der Waals surface area contributed by atoms with Gasteiger partial charge in [-0.25, -0.2) is 9.59 Å². The van der Waals surface area contributed by atoms with E-state index in [-0.39, 0.29) is 17.1 Å². The van der Waals surface area contributed by atoms with Gasteiger partial charge in [-0.1, -0.05) is 17.7 Å². The number of alkyl carbamates (subject to hydrolysis) is 1. The second-order valence-corrected chi connectivity index (χ2v) is 8.39. The fraction of sp³-hybridized carbons (Fsp3) is 0.556. The number of nitro benzene ring substituents is 1. The van der Waals surface area contributed by atoms with Gasteiger partial charge < -0.3 is 14.8 Å². The summed E-state index contributed by atoms with van der Waals surface area (Å²) in [5, 5.41) is 13.3. The van der Waals surface area contributed by atoms with Crippen molar-refractivity contribution < 1.29 is 24.0 Å². The van der Waals surface area contributed by atoms with E-state index in [0.29, 0.717) is 5.56 Å². The van der Waals surface area contributed by atoms with Gasteiger partial charge in [-0.15, -0.1) is 0 Å². The number of nitrogens with one attached hydrogen (secondary N) is 1. The number of carbonyl (C=O) groups is 2. The highest BCUT2D eigenvalue weighted by atomic mass is 35.5. The molecule has 0 spiro atoms. The van der Waals surface area contributed by atoms with Gasteiger partial charge in [0.1, 0.15) is 22.3 Å². The molecule has 0 aliphatic carbocycles. The minimum absolute atomic E-state index is 0.0336. The second kappa shape index (κ2) is 8.56. The Bertz CT molecular complexity index is 722. The minimum atomic E-state index is -1.04. The van der Waals surface area contributed by atoms with Gasteiger partial charge in [-0.2, -0.15) is 0 Å². The highest BCUT2D eigenvalue weighted by molar-refractivity contribution is 6.32. The zero-order chi connectivity index (χ0) is 21.0. The van der Waals surface area contributed by atoms with Crippen LogP contribution in [0.2, 0.25) is 5.02 Å². The number of amides is 1. The summed E-state index contributed by atoms with van der Waals surface area (Å²) in [6.45, 7) is 10.2. The normalized spacial score (nSPS) is 12.9. The lowest BCUT2D eigenvalue weighted by atomic mass is 10.0. The highest BCUT2D eigenvalue weighted by Crippen LogP contribution is 2.25. The molecule has 0 radical (unpaired) electrons. The zero-order valence-electron chi connectivity index (χ0n) is 16.3. The molecule has 8 nitrogen and oxygen atoms in total. The smallest absolute Gasteiger partial charge is 0.408 e. The third kappa shape index (κ3) is 8.25. The third-order valence-electron chi connectivity index (χ3n) is 3.03. The molecule has 1 aromatic carbocycles. The summed E-state index contributed by atoms with van der Waals surface area (Å²) in [5.74, 6) is -0.650. The Morgan fingerprint density at radius 1 is 1.15 bits per heavy atom. The van der Waals surface area contributed by atoms with Crippen molar-refractivity contribution in [3.8, 4) is 0 Å². The standard InChI is InChI=1S/C18H25ClN2O6/c1-17(2,3)26-15(22)13(20-16(23)27-18(4,5)6)10-11-7-8-14(21(24)25)12(19)9-11/h7-9,13H,10H2,1-6H3,(H,20,23)/t13-/m0/s1. The third-order valence-corrected chi connectivity index (χ3v) is 3.33. The lowest BCUT2D eigenvalue weighted by molar-refractivity contribution is -0.384. The van der Waals surface area contributed by atoms with E-state index in [0.717, 1.165) is 0 Å². The number of hydrogen-bond acceptors (Lipinski definition) is 6. The average Bonchev–Trinajstić information content (AvgIpc) is 2.42. The predicted octanol–water partition coefficient (Wildman–Crippen LogP) is 4.03. The Balaban J connectivity index is 3.03. The lowest BCUT2D eigenvalue weighted by Crippen LogP contribution is -2.47. The molecule has 27 heavy (non-hydrogen) atoms. The van der Waals surface area contributed by atoms with Gasteiger partial charge in [0.25, 0.3) is 5.69 Å². The van der Waals surface area contributed by atoms with Crippen LogP contribution in [-0.2, 0) is 20.7 Å². The van der Waals surface area contributed by atoms with Gasteiger partial charge in [0.05, 0.1) is 4.92 Å². The van der Waals surface area contributed by atoms with E-state index in [1.54, 1.807) is 41.5 Å². The Kier molecular flexibility index (Phi) is 7.19. The number of rotatable bonds is 5. The molecule has 9 heteroatoms. The van der Waals surface area contributed by atoms with Crippen LogP contribution in [0.15, 0.2) is 18.2 Å². The van der Waals surface area contributed by atoms with Crippen LogP contribution in [0.3, 0.4) is 0 Å². The number of hydrogen-bond donors (Lipinski definition) is 1. The summed E-state index contributed by atoms with van der Waals surface area (Å²) in [6, 6.07) is 3.06. The van der Waals surface area contributed by atoms with Crippen LogP contribution in [0.5, 0.6) is 0 Å². The number of halogens is 1. The summed E-state index contributed by atoms with van der Waals surface area (Å²) >= 11 is 5.92. The molecule has 0 saturated heterocycles. The fourth-order valence-electron chi connectivity index (χ4n) is 2.08. The van der Waals surface area contributed by atoms with Crippen LogP contribution in [0.1, 0.15) is 47.1 Å². The van der Waals surface area contributed by atoms with Crippen molar-refractivity contribution in [3.63, 3.8) is 0 Å². The van der Waals surface area contributed by atoms with Crippen LogP contribution < -0.4 is 5.32 Å². The molecule has 1 rings (SSSR count). The van der Waals surface area contributed by atoms with Gasteiger partial charge in [0.15, 0.2) is 0 Å². The zero-order valence-corrected chi connectivity index (χ0v) is 17.0. The van der Waals surface area contributed by atoms with Gasteiger partial charge in [0, 0.05) is 12.5 Å². The minimum Gasteiger partial charge on any atom is -0.458 e. The summed E-state index contributed by atoms with van der Waals surface area (Å²) < 4.78 is 10.5. The molecule has 1 N–H and O–H groups in total. The van der Waals surface area contributed by atoms with Crippen LogP contribution in [0.25, 0.3) is 0 Å². The first-order valence-corrected chi connectivity index (χ1v) is 8.71. The second-order valence-electron chi connectivity index (χ2n) is 7.98. The Morgan fingerprint density at radius 2 is 1.70 bits per heavy atom. The van der Waals surface area contributed by atoms with Gasteiger partial charge in [-0.05, 0) is 53.2 Å². The number of benzene rings is 1. The molecule has 0 saturated carbocycles. The average molecular weight is 401 g/mol. The van der Waals surface area contributed by atoms with Crippen molar-refractivity contribution in [1.29, 1.82) is 0 Å². The van der Waals surface area contributed by atoms with Crippen molar-refractivity contribution in [2.45, 2.75) is 65.2 Å². The lowest BCUT2D eigenvalue weighted by Gasteiger charge is -2.26. The first kappa shape index (κ1) is 22.7. The number of nitro groups is 1. The molecule has 0 unspecified atom stereocenters. The molecular formula is C18H25ClN2O6. The van der Waals surface area contributed by atoms with Crippen molar-refractivity contribution in [2.24, 2.45) is 0 Å². The molecule has 1 amide bonds. The Labute approximate surface area is 163 Å². The SMILES string of the molecule is CC(C)(C)OC(=O)N[C@@H](Cc1ccc([N+](=O)[O-])c(Cl)c1)C(=O)OC(C)(C)C. The first-order valence-electron chi connectivity index (χ1n) is 8.33. The van der Waals surface area contributed by atoms with E-state index in [4.69, 9.17) is 21.1 Å². The maximum Gasteiger partial charge on any atom is 0.408 e. The molecule has 0 aromatic heterocycles. The highest BCUT2D eigenvalue weighted by Gasteiger charge is 2.29. The molecule has 0 heterocycles. The van der Waals surface area contributed by atoms with Crippen LogP contribution in [-0.4, -0.2) is 34.2 Å². The van der Waals surface area contributed by atoms with E-state index in [1.807, 2.05) is 0 Å². The number of carbonyl (C=O) groups excluding carboxylic acids is 2. The van der Waals surface area contributed by atoms with E-state index in [1.165, 1.54) is 18.2 Å². The van der Waals surface area contributed by atoms with E-state index >= 15 is 0 Å². The van der Waals surface area contributed by atoms with Gasteiger partial charge in [0.2, 0.25) is 0 Å². The number of esters is 1. The molecule has 1 aromatic rings. The maximum atomic E-state index is 12.5. The van der Waals surface area contributed by atoms with Crippen molar-refractivity contribution in [1.82, 2.24) is 5.32 Å². The fourth-order valence-corrected chi connectivity index (χ4v) is 2.35. The van der Waals surface area contributed by atoms with Crippen LogP contribution in [0, 0.1) is 10.1 Å². The molecule has 1 atom stereocenters. The number of nitrogens with zero attached hydrogens (tertiary/aromatic N) is 1. The number of ether oxygens (including phenoxy) is 2.